The molecule has 224 valence electrons. The molecule has 0 spiro atoms. The second-order valence-electron chi connectivity index (χ2n) is 11.0. The number of benzene rings is 4. The molecule has 1 aliphatic heterocycles. The van der Waals surface area contributed by atoms with E-state index in [0.29, 0.717) is 27.8 Å². The summed E-state index contributed by atoms with van der Waals surface area (Å²) in [4.78, 5) is 25.8. The number of nitrogens with one attached hydrogen (secondary N) is 2. The summed E-state index contributed by atoms with van der Waals surface area (Å²) in [7, 11) is -1.69. The number of likely N-dealkylation sites (N-methyl/N-ethyl adjacent to an activating group) is 1. The van der Waals surface area contributed by atoms with Gasteiger partial charge in [-0.05, 0) is 68.1 Å². The Morgan fingerprint density at radius 1 is 0.909 bits per heavy atom. The summed E-state index contributed by atoms with van der Waals surface area (Å²) in [6.45, 7) is 5.79. The quantitative estimate of drug-likeness (QED) is 0.154. The lowest BCUT2D eigenvalue weighted by molar-refractivity contribution is 0.103. The molecule has 10 heteroatoms. The standard InChI is InChI=1S/C34H33N5O4S/c1-23-6-3-4-9-32(23)44(42,43)37-27-8-5-7-24(20-27)33(40)25-10-15-29-30(34(41)36-31(29)21-25)22-35-26-11-13-28(14-12-26)39-18-16-38(2)17-19-39/h3-15,20-22,36-37,41H,16-19H2,1-2H3. The second-order valence-corrected chi connectivity index (χ2v) is 12.6. The molecule has 1 aliphatic rings. The maximum atomic E-state index is 13.4. The van der Waals surface area contributed by atoms with E-state index in [1.807, 2.05) is 12.1 Å². The molecule has 0 atom stereocenters. The van der Waals surface area contributed by atoms with E-state index in [0.717, 1.165) is 37.3 Å². The molecule has 44 heavy (non-hydrogen) atoms. The topological polar surface area (TPSA) is 118 Å². The summed E-state index contributed by atoms with van der Waals surface area (Å²) in [5.74, 6) is -0.330. The largest absolute Gasteiger partial charge is 0.494 e. The van der Waals surface area contributed by atoms with Crippen LogP contribution in [0.3, 0.4) is 0 Å². The first-order valence-corrected chi connectivity index (χ1v) is 15.8. The fraction of sp³-hybridized carbons (Fsp3) is 0.176. The number of anilines is 2. The van der Waals surface area contributed by atoms with Gasteiger partial charge in [-0.3, -0.25) is 14.5 Å². The number of fused-ring (bicyclic) bond motifs is 1. The zero-order valence-electron chi connectivity index (χ0n) is 24.5. The number of aromatic hydroxyl groups is 1. The molecule has 3 N–H and O–H groups in total. The number of piperazine rings is 1. The van der Waals surface area contributed by atoms with Gasteiger partial charge in [0.1, 0.15) is 0 Å². The number of hydrogen-bond acceptors (Lipinski definition) is 7. The SMILES string of the molecule is Cc1ccccc1S(=O)(=O)Nc1cccc(C(=O)c2ccc3c(C=Nc4ccc(N5CCN(C)CC5)cc4)c(O)[nH]c3c2)c1. The summed E-state index contributed by atoms with van der Waals surface area (Å²) in [6, 6.07) is 26.3. The lowest BCUT2D eigenvalue weighted by Gasteiger charge is -2.34. The van der Waals surface area contributed by atoms with Gasteiger partial charge < -0.3 is 19.9 Å². The first kappa shape index (κ1) is 29.2. The van der Waals surface area contributed by atoms with E-state index in [9.17, 15) is 18.3 Å². The van der Waals surface area contributed by atoms with Crippen molar-refractivity contribution in [2.45, 2.75) is 11.8 Å². The minimum atomic E-state index is -3.83. The summed E-state index contributed by atoms with van der Waals surface area (Å²) in [5, 5.41) is 11.4. The predicted molar refractivity (Wildman–Crippen MR) is 175 cm³/mol. The van der Waals surface area contributed by atoms with Crippen LogP contribution in [0.1, 0.15) is 27.0 Å². The van der Waals surface area contributed by atoms with E-state index in [4.69, 9.17) is 0 Å². The Morgan fingerprint density at radius 2 is 1.64 bits per heavy atom. The van der Waals surface area contributed by atoms with Gasteiger partial charge in [0.05, 0.1) is 16.1 Å². The highest BCUT2D eigenvalue weighted by Gasteiger charge is 2.19. The molecule has 0 radical (unpaired) electrons. The molecule has 1 fully saturated rings. The first-order chi connectivity index (χ1) is 21.2. The van der Waals surface area contributed by atoms with Crippen molar-refractivity contribution >= 4 is 50.0 Å². The van der Waals surface area contributed by atoms with E-state index in [-0.39, 0.29) is 22.2 Å². The van der Waals surface area contributed by atoms with Gasteiger partial charge in [-0.25, -0.2) is 8.42 Å². The average molecular weight is 608 g/mol. The number of aromatic amines is 1. The predicted octanol–water partition coefficient (Wildman–Crippen LogP) is 5.72. The van der Waals surface area contributed by atoms with Gasteiger partial charge in [-0.15, -0.1) is 0 Å². The first-order valence-electron chi connectivity index (χ1n) is 14.3. The van der Waals surface area contributed by atoms with Gasteiger partial charge in [-0.1, -0.05) is 42.5 Å². The number of carbonyl (C=O) groups excluding carboxylic acids is 1. The third kappa shape index (κ3) is 6.08. The number of rotatable bonds is 8. The number of carbonyl (C=O) groups is 1. The van der Waals surface area contributed by atoms with Crippen molar-refractivity contribution in [2.75, 3.05) is 42.8 Å². The van der Waals surface area contributed by atoms with Crippen LogP contribution in [-0.4, -0.2) is 68.6 Å². The number of H-pyrrole nitrogens is 1. The Hall–Kier alpha value is -4.93. The van der Waals surface area contributed by atoms with E-state index < -0.39 is 10.0 Å². The van der Waals surface area contributed by atoms with Crippen molar-refractivity contribution in [3.8, 4) is 5.88 Å². The third-order valence-electron chi connectivity index (χ3n) is 7.90. The molecule has 1 saturated heterocycles. The zero-order valence-corrected chi connectivity index (χ0v) is 25.3. The molecule has 2 heterocycles. The minimum Gasteiger partial charge on any atom is -0.494 e. The number of aliphatic imine (C=N–C) groups is 1. The molecule has 1 aromatic heterocycles. The van der Waals surface area contributed by atoms with Gasteiger partial charge in [0, 0.05) is 65.8 Å². The molecule has 5 aromatic rings. The lowest BCUT2D eigenvalue weighted by Crippen LogP contribution is -2.44. The maximum absolute atomic E-state index is 13.4. The molecule has 0 aliphatic carbocycles. The Bertz CT molecular complexity index is 1980. The Labute approximate surface area is 256 Å². The fourth-order valence-electron chi connectivity index (χ4n) is 5.39. The average Bonchev–Trinajstić information content (AvgIpc) is 3.34. The van der Waals surface area contributed by atoms with Crippen molar-refractivity contribution in [1.29, 1.82) is 0 Å². The van der Waals surface area contributed by atoms with Crippen molar-refractivity contribution in [2.24, 2.45) is 4.99 Å². The van der Waals surface area contributed by atoms with E-state index in [1.54, 1.807) is 67.7 Å². The molecular formula is C34H33N5O4S. The molecule has 6 rings (SSSR count). The maximum Gasteiger partial charge on any atom is 0.262 e. The van der Waals surface area contributed by atoms with Crippen molar-refractivity contribution in [3.63, 3.8) is 0 Å². The van der Waals surface area contributed by atoms with Gasteiger partial charge in [0.25, 0.3) is 10.0 Å². The molecule has 0 bridgehead atoms. The van der Waals surface area contributed by atoms with Crippen LogP contribution in [0.2, 0.25) is 0 Å². The Kier molecular flexibility index (Phi) is 7.94. The summed E-state index contributed by atoms with van der Waals surface area (Å²) < 4.78 is 28.5. The fourth-order valence-corrected chi connectivity index (χ4v) is 6.69. The number of ketones is 1. The highest BCUT2D eigenvalue weighted by atomic mass is 32.2. The number of aromatic nitrogens is 1. The van der Waals surface area contributed by atoms with Crippen LogP contribution in [-0.2, 0) is 10.0 Å². The second kappa shape index (κ2) is 12.0. The Morgan fingerprint density at radius 3 is 2.39 bits per heavy atom. The van der Waals surface area contributed by atoms with Crippen molar-refractivity contribution < 1.29 is 18.3 Å². The van der Waals surface area contributed by atoms with Crippen LogP contribution in [0, 0.1) is 6.92 Å². The lowest BCUT2D eigenvalue weighted by atomic mass is 10.0. The molecule has 0 saturated carbocycles. The van der Waals surface area contributed by atoms with Gasteiger partial charge in [0.15, 0.2) is 11.7 Å². The van der Waals surface area contributed by atoms with Crippen LogP contribution in [0.15, 0.2) is 101 Å². The molecule has 0 unspecified atom stereocenters. The van der Waals surface area contributed by atoms with Crippen LogP contribution >= 0.6 is 0 Å². The molecular weight excluding hydrogens is 574 g/mol. The number of sulfonamides is 1. The van der Waals surface area contributed by atoms with Crippen LogP contribution < -0.4 is 9.62 Å². The van der Waals surface area contributed by atoms with Crippen LogP contribution in [0.4, 0.5) is 17.1 Å². The van der Waals surface area contributed by atoms with Crippen molar-refractivity contribution in [3.05, 3.63) is 113 Å². The monoisotopic (exact) mass is 607 g/mol. The Balaban J connectivity index is 1.19. The summed E-state index contributed by atoms with van der Waals surface area (Å²) in [6.07, 6.45) is 1.62. The van der Waals surface area contributed by atoms with E-state index >= 15 is 0 Å². The molecule has 9 nitrogen and oxygen atoms in total. The summed E-state index contributed by atoms with van der Waals surface area (Å²) in [5.41, 5.74) is 4.66. The zero-order chi connectivity index (χ0) is 30.8. The van der Waals surface area contributed by atoms with Crippen molar-refractivity contribution in [1.82, 2.24) is 9.88 Å². The molecule has 4 aromatic carbocycles. The van der Waals surface area contributed by atoms with Gasteiger partial charge >= 0.3 is 0 Å². The summed E-state index contributed by atoms with van der Waals surface area (Å²) >= 11 is 0. The highest BCUT2D eigenvalue weighted by molar-refractivity contribution is 7.92. The van der Waals surface area contributed by atoms with Gasteiger partial charge in [0.2, 0.25) is 0 Å². The molecule has 0 amide bonds. The van der Waals surface area contributed by atoms with Gasteiger partial charge in [-0.2, -0.15) is 0 Å². The van der Waals surface area contributed by atoms with Crippen LogP contribution in [0.5, 0.6) is 5.88 Å². The normalized spacial score (nSPS) is 14.4. The minimum absolute atomic E-state index is 0.0463. The van der Waals surface area contributed by atoms with E-state index in [1.165, 1.54) is 17.8 Å². The number of nitrogens with zero attached hydrogens (tertiary/aromatic N) is 3. The van der Waals surface area contributed by atoms with E-state index in [2.05, 4.69) is 43.7 Å². The van der Waals surface area contributed by atoms with Crippen LogP contribution in [0.25, 0.3) is 10.9 Å². The smallest absolute Gasteiger partial charge is 0.262 e. The number of hydrogen-bond donors (Lipinski definition) is 3. The number of aryl methyl sites for hydroxylation is 1. The third-order valence-corrected chi connectivity index (χ3v) is 9.44. The highest BCUT2D eigenvalue weighted by Crippen LogP contribution is 2.29.